The van der Waals surface area contributed by atoms with Gasteiger partial charge in [0, 0.05) is 30.6 Å². The highest BCUT2D eigenvalue weighted by Crippen LogP contribution is 2.44. The van der Waals surface area contributed by atoms with Crippen LogP contribution in [-0.2, 0) is 13.6 Å². The topological polar surface area (TPSA) is 29.1 Å². The fraction of sp³-hybridized carbons (Fsp3) is 0.200. The van der Waals surface area contributed by atoms with Gasteiger partial charge in [0.25, 0.3) is 5.56 Å². The van der Waals surface area contributed by atoms with E-state index in [0.717, 1.165) is 25.5 Å². The van der Waals surface area contributed by atoms with E-state index >= 15 is 0 Å². The molecule has 4 rings (SSSR count). The maximum Gasteiger partial charge on any atom is 0.271 e. The highest BCUT2D eigenvalue weighted by atomic mass is 32.2. The summed E-state index contributed by atoms with van der Waals surface area (Å²) in [5.74, 6) is 0. The lowest BCUT2D eigenvalue weighted by Gasteiger charge is -2.11. The molecule has 6 heteroatoms. The number of benzene rings is 1. The van der Waals surface area contributed by atoms with Crippen LogP contribution >= 0.6 is 23.1 Å². The number of nitrogens with zero attached hydrogens (tertiary/aromatic N) is 3. The van der Waals surface area contributed by atoms with Crippen molar-refractivity contribution in [3.63, 3.8) is 0 Å². The third-order valence-corrected chi connectivity index (χ3v) is 6.94. The van der Waals surface area contributed by atoms with Gasteiger partial charge >= 0.3 is 0 Å². The minimum atomic E-state index is 0.0902. The van der Waals surface area contributed by atoms with Crippen LogP contribution in [0.15, 0.2) is 58.5 Å². The highest BCUT2D eigenvalue weighted by Gasteiger charge is 2.24. The van der Waals surface area contributed by atoms with Crippen LogP contribution in [0.1, 0.15) is 12.5 Å². The van der Waals surface area contributed by atoms with Crippen LogP contribution in [0.2, 0.25) is 0 Å². The number of pyridine rings is 1. The first-order valence-corrected chi connectivity index (χ1v) is 10.1. The summed E-state index contributed by atoms with van der Waals surface area (Å²) in [5, 5.41) is 1.02. The van der Waals surface area contributed by atoms with E-state index in [1.165, 1.54) is 4.90 Å². The van der Waals surface area contributed by atoms with Crippen molar-refractivity contribution >= 4 is 39.9 Å². The number of thioether (sulfide) groups is 1. The molecule has 0 amide bonds. The summed E-state index contributed by atoms with van der Waals surface area (Å²) >= 11 is 3.24. The van der Waals surface area contributed by atoms with Gasteiger partial charge < -0.3 is 4.90 Å². The molecular formula is C20H20N3OS2+. The van der Waals surface area contributed by atoms with Crippen LogP contribution in [0.4, 0.5) is 5.69 Å². The first-order valence-electron chi connectivity index (χ1n) is 8.50. The monoisotopic (exact) mass is 382 g/mol. The lowest BCUT2D eigenvalue weighted by atomic mass is 10.3. The Hall–Kier alpha value is -2.31. The molecule has 1 aliphatic rings. The predicted molar refractivity (Wildman–Crippen MR) is 109 cm³/mol. The number of para-hydroxylation sites is 1. The van der Waals surface area contributed by atoms with E-state index in [0.29, 0.717) is 6.54 Å². The van der Waals surface area contributed by atoms with Crippen molar-refractivity contribution in [3.8, 4) is 0 Å². The quantitative estimate of drug-likeness (QED) is 0.634. The normalized spacial score (nSPS) is 16.3. The Kier molecular flexibility index (Phi) is 4.46. The Labute approximate surface area is 160 Å². The van der Waals surface area contributed by atoms with Gasteiger partial charge in [0.1, 0.15) is 16.6 Å². The second-order valence-electron chi connectivity index (χ2n) is 6.19. The molecule has 2 aromatic heterocycles. The molecule has 0 saturated carbocycles. The number of anilines is 1. The van der Waals surface area contributed by atoms with Gasteiger partial charge in [-0.25, -0.2) is 4.57 Å². The number of hydrogen-bond donors (Lipinski definition) is 0. The lowest BCUT2D eigenvalue weighted by molar-refractivity contribution is -0.671. The number of rotatable bonds is 2. The molecule has 0 atom stereocenters. The van der Waals surface area contributed by atoms with E-state index in [2.05, 4.69) is 35.2 Å². The fourth-order valence-electron chi connectivity index (χ4n) is 3.02. The van der Waals surface area contributed by atoms with Crippen LogP contribution in [0.3, 0.4) is 0 Å². The van der Waals surface area contributed by atoms with Crippen molar-refractivity contribution in [2.24, 2.45) is 7.05 Å². The summed E-state index contributed by atoms with van der Waals surface area (Å²) in [5.41, 5.74) is 2.34. The molecule has 0 radical (unpaired) electrons. The van der Waals surface area contributed by atoms with Crippen LogP contribution < -0.4 is 24.2 Å². The molecule has 26 heavy (non-hydrogen) atoms. The van der Waals surface area contributed by atoms with Gasteiger partial charge in [0.2, 0.25) is 0 Å². The molecule has 0 spiro atoms. The van der Waals surface area contributed by atoms with E-state index in [1.807, 2.05) is 54.7 Å². The molecule has 0 fully saturated rings. The van der Waals surface area contributed by atoms with E-state index in [1.54, 1.807) is 23.1 Å². The molecule has 4 nitrogen and oxygen atoms in total. The molecule has 0 saturated heterocycles. The Balaban J connectivity index is 1.92. The second kappa shape index (κ2) is 6.78. The average Bonchev–Trinajstić information content (AvgIpc) is 3.14. The summed E-state index contributed by atoms with van der Waals surface area (Å²) in [7, 11) is 4.03. The van der Waals surface area contributed by atoms with Gasteiger partial charge in [0.15, 0.2) is 12.4 Å². The highest BCUT2D eigenvalue weighted by molar-refractivity contribution is 8.08. The van der Waals surface area contributed by atoms with Gasteiger partial charge in [-0.05, 0) is 30.7 Å². The molecule has 1 aliphatic heterocycles. The van der Waals surface area contributed by atoms with Crippen LogP contribution in [-0.4, -0.2) is 11.6 Å². The van der Waals surface area contributed by atoms with Crippen LogP contribution in [0, 0.1) is 0 Å². The summed E-state index contributed by atoms with van der Waals surface area (Å²) < 4.78 is 5.65. The Morgan fingerprint density at radius 2 is 1.88 bits per heavy atom. The minimum Gasteiger partial charge on any atom is -0.337 e. The maximum atomic E-state index is 13.0. The van der Waals surface area contributed by atoms with Gasteiger partial charge in [-0.3, -0.25) is 9.36 Å². The third-order valence-electron chi connectivity index (χ3n) is 4.45. The molecule has 0 aliphatic carbocycles. The smallest absolute Gasteiger partial charge is 0.271 e. The number of fused-ring (bicyclic) bond motifs is 1. The zero-order valence-corrected chi connectivity index (χ0v) is 16.6. The molecule has 1 aromatic carbocycles. The standard InChI is InChI=1S/C20H20N3OS2/c1-4-23-17(13-14-9-11-21(2)12-10-14)26-18(19(23)24)20-22(3)15-7-5-6-8-16(15)25-20/h5-13H,4H2,1-3H3/q+1/b20-18-. The van der Waals surface area contributed by atoms with Crippen LogP contribution in [0.5, 0.6) is 0 Å². The Morgan fingerprint density at radius 1 is 1.15 bits per heavy atom. The SMILES string of the molecule is CCn1c(=O)/c(=C2/Sc3ccccc3N2C)s/c1=C\c1cc[n+](C)cc1. The molecule has 0 bridgehead atoms. The number of aromatic nitrogens is 2. The van der Waals surface area contributed by atoms with E-state index in [9.17, 15) is 4.79 Å². The van der Waals surface area contributed by atoms with Crippen molar-refractivity contribution in [1.29, 1.82) is 0 Å². The summed E-state index contributed by atoms with van der Waals surface area (Å²) in [6.07, 6.45) is 6.12. The summed E-state index contributed by atoms with van der Waals surface area (Å²) in [6, 6.07) is 12.4. The molecule has 132 valence electrons. The number of aryl methyl sites for hydroxylation is 1. The van der Waals surface area contributed by atoms with Gasteiger partial charge in [0.05, 0.1) is 10.4 Å². The van der Waals surface area contributed by atoms with Crippen molar-refractivity contribution in [1.82, 2.24) is 4.57 Å². The summed E-state index contributed by atoms with van der Waals surface area (Å²) in [6.45, 7) is 2.68. The van der Waals surface area contributed by atoms with E-state index in [-0.39, 0.29) is 5.56 Å². The predicted octanol–water partition coefficient (Wildman–Crippen LogP) is 1.89. The van der Waals surface area contributed by atoms with Crippen molar-refractivity contribution in [2.75, 3.05) is 11.9 Å². The van der Waals surface area contributed by atoms with Gasteiger partial charge in [-0.15, -0.1) is 11.3 Å². The zero-order chi connectivity index (χ0) is 18.3. The molecule has 3 heterocycles. The maximum absolute atomic E-state index is 13.0. The van der Waals surface area contributed by atoms with Crippen LogP contribution in [0.25, 0.3) is 11.1 Å². The number of hydrogen-bond acceptors (Lipinski definition) is 4. The van der Waals surface area contributed by atoms with Gasteiger partial charge in [-0.1, -0.05) is 23.9 Å². The van der Waals surface area contributed by atoms with Crippen molar-refractivity contribution < 1.29 is 4.57 Å². The number of thiazole rings is 1. The average molecular weight is 383 g/mol. The third kappa shape index (κ3) is 2.89. The molecule has 0 unspecified atom stereocenters. The van der Waals surface area contributed by atoms with E-state index < -0.39 is 0 Å². The Morgan fingerprint density at radius 3 is 2.58 bits per heavy atom. The Bertz CT molecular complexity index is 1140. The fourth-order valence-corrected chi connectivity index (χ4v) is 5.50. The van der Waals surface area contributed by atoms with Crippen molar-refractivity contribution in [3.05, 3.63) is 73.9 Å². The molecule has 3 aromatic rings. The zero-order valence-electron chi connectivity index (χ0n) is 15.0. The first-order chi connectivity index (χ1) is 12.6. The molecular weight excluding hydrogens is 362 g/mol. The first kappa shape index (κ1) is 17.1. The largest absolute Gasteiger partial charge is 0.337 e. The lowest BCUT2D eigenvalue weighted by Crippen LogP contribution is -2.33. The van der Waals surface area contributed by atoms with Crippen molar-refractivity contribution in [2.45, 2.75) is 18.4 Å². The van der Waals surface area contributed by atoms with E-state index in [4.69, 9.17) is 0 Å². The second-order valence-corrected chi connectivity index (χ2v) is 8.26. The minimum absolute atomic E-state index is 0.0902. The molecule has 0 N–H and O–H groups in total. The van der Waals surface area contributed by atoms with Gasteiger partial charge in [-0.2, -0.15) is 0 Å². The summed E-state index contributed by atoms with van der Waals surface area (Å²) in [4.78, 5) is 16.4.